The van der Waals surface area contributed by atoms with E-state index in [0.29, 0.717) is 37.1 Å². The second kappa shape index (κ2) is 8.91. The summed E-state index contributed by atoms with van der Waals surface area (Å²) < 4.78 is 14.9. The normalized spacial score (nSPS) is 18.7. The van der Waals surface area contributed by atoms with E-state index in [0.717, 1.165) is 33.3 Å². The minimum atomic E-state index is -0.364. The zero-order chi connectivity index (χ0) is 23.9. The first-order chi connectivity index (χ1) is 16.3. The lowest BCUT2D eigenvalue weighted by molar-refractivity contribution is -0.118. The molecule has 2 heterocycles. The number of aromatic nitrogens is 3. The van der Waals surface area contributed by atoms with Crippen molar-refractivity contribution in [3.05, 3.63) is 75.7 Å². The first-order valence-electron chi connectivity index (χ1n) is 11.4. The van der Waals surface area contributed by atoms with Gasteiger partial charge in [-0.3, -0.25) is 4.79 Å². The molecule has 7 nitrogen and oxygen atoms in total. The maximum atomic E-state index is 13.3. The molecule has 1 aliphatic heterocycles. The Kier molecular flexibility index (Phi) is 5.93. The Hall–Kier alpha value is -3.13. The summed E-state index contributed by atoms with van der Waals surface area (Å²) in [6.45, 7) is 7.11. The van der Waals surface area contributed by atoms with Crippen molar-refractivity contribution in [3.63, 3.8) is 0 Å². The second-order valence-electron chi connectivity index (χ2n) is 9.44. The van der Waals surface area contributed by atoms with Gasteiger partial charge in [0.25, 0.3) is 0 Å². The monoisotopic (exact) mass is 522 g/mol. The molecule has 5 rings (SSSR count). The van der Waals surface area contributed by atoms with E-state index in [2.05, 4.69) is 45.2 Å². The summed E-state index contributed by atoms with van der Waals surface area (Å²) in [6.07, 6.45) is 2.80. The minimum absolute atomic E-state index is 0.100. The van der Waals surface area contributed by atoms with Gasteiger partial charge in [-0.15, -0.1) is 0 Å². The number of Topliss-reactive ketones (excluding diaryl/α,β-unsaturated/α-hetero) is 1. The van der Waals surface area contributed by atoms with Gasteiger partial charge in [-0.05, 0) is 54.2 Å². The number of ether oxygens (including phenoxy) is 2. The summed E-state index contributed by atoms with van der Waals surface area (Å²) in [5, 5.41) is 7.79. The number of anilines is 1. The Morgan fingerprint density at radius 1 is 1.12 bits per heavy atom. The van der Waals surface area contributed by atoms with Gasteiger partial charge < -0.3 is 14.8 Å². The highest BCUT2D eigenvalue weighted by molar-refractivity contribution is 9.10. The van der Waals surface area contributed by atoms with Crippen LogP contribution in [0.2, 0.25) is 0 Å². The van der Waals surface area contributed by atoms with Crippen molar-refractivity contribution in [2.24, 2.45) is 5.41 Å². The quantitative estimate of drug-likeness (QED) is 0.448. The Bertz CT molecular complexity index is 1260. The smallest absolute Gasteiger partial charge is 0.226 e. The average Bonchev–Trinajstić information content (AvgIpc) is 3.25. The topological polar surface area (TPSA) is 78.3 Å². The van der Waals surface area contributed by atoms with Crippen molar-refractivity contribution in [2.45, 2.75) is 46.3 Å². The summed E-state index contributed by atoms with van der Waals surface area (Å²) in [5.41, 5.74) is 3.55. The summed E-state index contributed by atoms with van der Waals surface area (Å²) >= 11 is 3.46. The van der Waals surface area contributed by atoms with Gasteiger partial charge in [-0.25, -0.2) is 4.68 Å². The van der Waals surface area contributed by atoms with Crippen molar-refractivity contribution in [2.75, 3.05) is 11.9 Å². The molecule has 176 valence electrons. The number of allylic oxidation sites excluding steroid dienone is 2. The Labute approximate surface area is 207 Å². The van der Waals surface area contributed by atoms with Crippen LogP contribution in [-0.2, 0) is 11.4 Å². The van der Waals surface area contributed by atoms with E-state index in [1.807, 2.05) is 49.4 Å². The van der Waals surface area contributed by atoms with Crippen LogP contribution in [0.25, 0.3) is 0 Å². The molecule has 1 N–H and O–H groups in total. The Balaban J connectivity index is 1.51. The van der Waals surface area contributed by atoms with Crippen LogP contribution in [0.4, 0.5) is 5.95 Å². The highest BCUT2D eigenvalue weighted by Gasteiger charge is 2.41. The summed E-state index contributed by atoms with van der Waals surface area (Å²) in [7, 11) is 0. The highest BCUT2D eigenvalue weighted by atomic mass is 79.9. The number of ketones is 1. The van der Waals surface area contributed by atoms with Gasteiger partial charge in [0.1, 0.15) is 19.0 Å². The van der Waals surface area contributed by atoms with Crippen LogP contribution in [0.3, 0.4) is 0 Å². The fourth-order valence-corrected chi connectivity index (χ4v) is 4.95. The van der Waals surface area contributed by atoms with E-state index < -0.39 is 0 Å². The number of carbonyl (C=O) groups is 1. The van der Waals surface area contributed by atoms with E-state index in [-0.39, 0.29) is 17.2 Å². The van der Waals surface area contributed by atoms with Crippen LogP contribution >= 0.6 is 15.9 Å². The summed E-state index contributed by atoms with van der Waals surface area (Å²) in [4.78, 5) is 17.7. The number of fused-ring (bicyclic) bond motifs is 1. The van der Waals surface area contributed by atoms with Crippen LogP contribution in [0.1, 0.15) is 50.8 Å². The van der Waals surface area contributed by atoms with Gasteiger partial charge >= 0.3 is 0 Å². The Morgan fingerprint density at radius 2 is 1.91 bits per heavy atom. The third-order valence-corrected chi connectivity index (χ3v) is 6.69. The maximum absolute atomic E-state index is 13.3. The van der Waals surface area contributed by atoms with E-state index >= 15 is 0 Å². The molecule has 2 aliphatic rings. The van der Waals surface area contributed by atoms with Crippen LogP contribution in [-0.4, -0.2) is 27.2 Å². The summed E-state index contributed by atoms with van der Waals surface area (Å²) in [5.74, 6) is 2.08. The van der Waals surface area contributed by atoms with Crippen molar-refractivity contribution in [1.29, 1.82) is 0 Å². The lowest BCUT2D eigenvalue weighted by atomic mass is 9.73. The van der Waals surface area contributed by atoms with E-state index in [1.54, 1.807) is 4.68 Å². The van der Waals surface area contributed by atoms with E-state index in [9.17, 15) is 4.79 Å². The van der Waals surface area contributed by atoms with Gasteiger partial charge in [0.2, 0.25) is 5.95 Å². The lowest BCUT2D eigenvalue weighted by Gasteiger charge is -2.38. The molecule has 34 heavy (non-hydrogen) atoms. The van der Waals surface area contributed by atoms with Crippen LogP contribution < -0.4 is 14.8 Å². The standard InChI is InChI=1S/C26H27BrN4O3/c1-4-33-22-11-17(7-10-21(22)34-14-16-5-8-18(27)9-6-16)24-23-19(12-26(2,3)13-20(23)32)30-25-28-15-29-31(24)25/h5-11,15,24H,4,12-14H2,1-3H3,(H,28,29,30). The van der Waals surface area contributed by atoms with E-state index in [1.165, 1.54) is 6.33 Å². The van der Waals surface area contributed by atoms with Crippen LogP contribution in [0.5, 0.6) is 11.5 Å². The highest BCUT2D eigenvalue weighted by Crippen LogP contribution is 2.46. The van der Waals surface area contributed by atoms with Crippen LogP contribution in [0, 0.1) is 5.41 Å². The SMILES string of the molecule is CCOc1cc(C2C3=C(CC(C)(C)CC3=O)Nc3ncnn32)ccc1OCc1ccc(Br)cc1. The minimum Gasteiger partial charge on any atom is -0.490 e. The lowest BCUT2D eigenvalue weighted by Crippen LogP contribution is -2.36. The number of hydrogen-bond acceptors (Lipinski definition) is 6. The number of rotatable bonds is 6. The second-order valence-corrected chi connectivity index (χ2v) is 10.4. The van der Waals surface area contributed by atoms with Crippen molar-refractivity contribution < 1.29 is 14.3 Å². The van der Waals surface area contributed by atoms with Gasteiger partial charge in [0.15, 0.2) is 17.3 Å². The molecule has 8 heteroatoms. The third kappa shape index (κ3) is 4.34. The predicted octanol–water partition coefficient (Wildman–Crippen LogP) is 5.68. The Morgan fingerprint density at radius 3 is 2.68 bits per heavy atom. The molecular weight excluding hydrogens is 496 g/mol. The van der Waals surface area contributed by atoms with Crippen molar-refractivity contribution in [1.82, 2.24) is 14.8 Å². The first-order valence-corrected chi connectivity index (χ1v) is 12.2. The number of nitrogens with one attached hydrogen (secondary N) is 1. The van der Waals surface area contributed by atoms with Gasteiger partial charge in [-0.2, -0.15) is 10.1 Å². The predicted molar refractivity (Wildman–Crippen MR) is 133 cm³/mol. The molecule has 3 aromatic rings. The molecule has 1 aliphatic carbocycles. The zero-order valence-electron chi connectivity index (χ0n) is 19.5. The first kappa shape index (κ1) is 22.7. The third-order valence-electron chi connectivity index (χ3n) is 6.16. The van der Waals surface area contributed by atoms with Crippen LogP contribution in [0.15, 0.2) is 64.5 Å². The largest absolute Gasteiger partial charge is 0.490 e. The molecule has 0 saturated carbocycles. The number of halogens is 1. The molecule has 1 aromatic heterocycles. The molecule has 0 fully saturated rings. The molecule has 0 saturated heterocycles. The fraction of sp³-hybridized carbons (Fsp3) is 0.346. The number of carbonyl (C=O) groups excluding carboxylic acids is 1. The molecule has 0 spiro atoms. The average molecular weight is 523 g/mol. The van der Waals surface area contributed by atoms with Crippen molar-refractivity contribution in [3.8, 4) is 11.5 Å². The number of hydrogen-bond donors (Lipinski definition) is 1. The molecule has 0 amide bonds. The molecule has 1 unspecified atom stereocenters. The number of benzene rings is 2. The fourth-order valence-electron chi connectivity index (χ4n) is 4.68. The molecule has 1 atom stereocenters. The van der Waals surface area contributed by atoms with E-state index in [4.69, 9.17) is 9.47 Å². The van der Waals surface area contributed by atoms with Gasteiger partial charge in [0.05, 0.1) is 6.61 Å². The molecule has 0 radical (unpaired) electrons. The maximum Gasteiger partial charge on any atom is 0.226 e. The number of nitrogens with zero attached hydrogens (tertiary/aromatic N) is 3. The van der Waals surface area contributed by atoms with Gasteiger partial charge in [-0.1, -0.05) is 48.0 Å². The molecule has 2 aromatic carbocycles. The molecular formula is C26H27BrN4O3. The van der Waals surface area contributed by atoms with Gasteiger partial charge in [0, 0.05) is 22.2 Å². The van der Waals surface area contributed by atoms with Crippen molar-refractivity contribution >= 4 is 27.7 Å². The summed E-state index contributed by atoms with van der Waals surface area (Å²) in [6, 6.07) is 13.5. The zero-order valence-corrected chi connectivity index (χ0v) is 21.1. The molecule has 0 bridgehead atoms.